The fourth-order valence-corrected chi connectivity index (χ4v) is 5.85. The minimum Gasteiger partial charge on any atom is -0.473 e. The van der Waals surface area contributed by atoms with Crippen molar-refractivity contribution in [3.8, 4) is 17.4 Å². The number of aromatic nitrogens is 3. The highest BCUT2D eigenvalue weighted by atomic mass is 16.5. The van der Waals surface area contributed by atoms with E-state index in [9.17, 15) is 9.59 Å². The number of fused-ring (bicyclic) bond motifs is 1. The molecular weight excluding hydrogens is 556 g/mol. The molecule has 2 aromatic heterocycles. The lowest BCUT2D eigenvalue weighted by Gasteiger charge is -2.28. The van der Waals surface area contributed by atoms with E-state index in [-0.39, 0.29) is 30.2 Å². The van der Waals surface area contributed by atoms with Gasteiger partial charge in [-0.3, -0.25) is 13.9 Å². The number of hydrogen-bond donors (Lipinski definition) is 1. The minimum absolute atomic E-state index is 0.0549. The summed E-state index contributed by atoms with van der Waals surface area (Å²) in [7, 11) is 3.22. The van der Waals surface area contributed by atoms with E-state index >= 15 is 0 Å². The van der Waals surface area contributed by atoms with Gasteiger partial charge in [-0.25, -0.2) is 4.79 Å². The second kappa shape index (κ2) is 13.1. The lowest BCUT2D eigenvalue weighted by Crippen LogP contribution is -2.30. The molecule has 44 heavy (non-hydrogen) atoms. The Morgan fingerprint density at radius 1 is 0.841 bits per heavy atom. The molecule has 1 saturated carbocycles. The van der Waals surface area contributed by atoms with Crippen LogP contribution in [0.1, 0.15) is 36.8 Å². The third-order valence-corrected chi connectivity index (χ3v) is 8.19. The molecule has 1 aliphatic rings. The van der Waals surface area contributed by atoms with Crippen LogP contribution in [0.2, 0.25) is 0 Å². The first-order valence-corrected chi connectivity index (χ1v) is 14.9. The van der Waals surface area contributed by atoms with Gasteiger partial charge in [-0.15, -0.1) is 0 Å². The summed E-state index contributed by atoms with van der Waals surface area (Å²) in [6, 6.07) is 29.3. The molecule has 0 saturated heterocycles. The molecule has 9 nitrogen and oxygen atoms in total. The number of carbonyl (C=O) groups is 1. The number of rotatable bonds is 10. The van der Waals surface area contributed by atoms with E-state index in [0.717, 1.165) is 53.5 Å². The van der Waals surface area contributed by atoms with Crippen molar-refractivity contribution in [2.75, 3.05) is 12.4 Å². The number of benzene rings is 3. The molecule has 0 unspecified atom stereocenters. The molecule has 1 aliphatic carbocycles. The normalized spacial score (nSPS) is 16.4. The lowest BCUT2D eigenvalue weighted by atomic mass is 9.86. The van der Waals surface area contributed by atoms with E-state index in [1.54, 1.807) is 22.2 Å². The Morgan fingerprint density at radius 2 is 1.50 bits per heavy atom. The van der Waals surface area contributed by atoms with Crippen LogP contribution in [-0.4, -0.2) is 33.2 Å². The predicted molar refractivity (Wildman–Crippen MR) is 169 cm³/mol. The van der Waals surface area contributed by atoms with Crippen molar-refractivity contribution in [3.63, 3.8) is 0 Å². The maximum absolute atomic E-state index is 13.8. The van der Waals surface area contributed by atoms with Crippen LogP contribution in [0.15, 0.2) is 95.8 Å². The zero-order valence-corrected chi connectivity index (χ0v) is 24.9. The number of anilines is 1. The Labute approximate surface area is 256 Å². The van der Waals surface area contributed by atoms with Crippen molar-refractivity contribution < 1.29 is 19.0 Å². The number of para-hydroxylation sites is 1. The zero-order chi connectivity index (χ0) is 30.5. The van der Waals surface area contributed by atoms with E-state index in [0.29, 0.717) is 24.1 Å². The van der Waals surface area contributed by atoms with E-state index in [4.69, 9.17) is 19.2 Å². The Kier molecular flexibility index (Phi) is 8.63. The highest BCUT2D eigenvalue weighted by molar-refractivity contribution is 5.90. The molecule has 3 aromatic carbocycles. The standard InChI is InChI=1S/C35H36N4O5/c1-38-32-28(36-27-18-16-26(17-19-27)34(40)42-2)14-9-15-29(32)39(35(38)41)30-20-21-31(43-22-24-10-5-3-6-11-24)37-33(30)44-23-25-12-7-4-8-13-25/h3-15,20-21,26-27,36H,16-19,22-23H2,1-2H3. The third-order valence-electron chi connectivity index (χ3n) is 8.19. The first-order chi connectivity index (χ1) is 21.5. The minimum atomic E-state index is -0.215. The molecule has 0 atom stereocenters. The third kappa shape index (κ3) is 6.17. The summed E-state index contributed by atoms with van der Waals surface area (Å²) in [4.78, 5) is 30.5. The molecule has 0 spiro atoms. The number of nitrogens with one attached hydrogen (secondary N) is 1. The van der Waals surface area contributed by atoms with Crippen LogP contribution in [0, 0.1) is 5.92 Å². The number of methoxy groups -OCH3 is 1. The molecule has 5 aromatic rings. The molecule has 0 bridgehead atoms. The SMILES string of the molecule is COC(=O)C1CCC(Nc2cccc3c2n(C)c(=O)n3-c2ccc(OCc3ccccc3)nc2OCc2ccccc2)CC1. The summed E-state index contributed by atoms with van der Waals surface area (Å²) in [5.41, 5.74) is 4.70. The molecule has 2 heterocycles. The van der Waals surface area contributed by atoms with Crippen LogP contribution < -0.4 is 20.5 Å². The summed E-state index contributed by atoms with van der Waals surface area (Å²) >= 11 is 0. The van der Waals surface area contributed by atoms with Gasteiger partial charge in [0, 0.05) is 19.2 Å². The fraction of sp³-hybridized carbons (Fsp3) is 0.286. The van der Waals surface area contributed by atoms with Crippen LogP contribution in [0.4, 0.5) is 5.69 Å². The zero-order valence-electron chi connectivity index (χ0n) is 24.9. The van der Waals surface area contributed by atoms with Gasteiger partial charge in [0.25, 0.3) is 0 Å². The van der Waals surface area contributed by atoms with Gasteiger partial charge in [-0.1, -0.05) is 66.7 Å². The first kappa shape index (κ1) is 29.0. The average molecular weight is 593 g/mol. The van der Waals surface area contributed by atoms with E-state index in [1.165, 1.54) is 7.11 Å². The van der Waals surface area contributed by atoms with Gasteiger partial charge in [-0.05, 0) is 55.0 Å². The molecule has 0 aliphatic heterocycles. The van der Waals surface area contributed by atoms with Gasteiger partial charge >= 0.3 is 11.7 Å². The average Bonchev–Trinajstić information content (AvgIpc) is 3.33. The van der Waals surface area contributed by atoms with Crippen LogP contribution in [-0.2, 0) is 29.8 Å². The number of esters is 1. The molecule has 1 fully saturated rings. The smallest absolute Gasteiger partial charge is 0.333 e. The van der Waals surface area contributed by atoms with Gasteiger partial charge in [0.2, 0.25) is 11.8 Å². The monoisotopic (exact) mass is 592 g/mol. The first-order valence-electron chi connectivity index (χ1n) is 14.9. The Bertz CT molecular complexity index is 1790. The molecule has 1 N–H and O–H groups in total. The lowest BCUT2D eigenvalue weighted by molar-refractivity contribution is -0.146. The van der Waals surface area contributed by atoms with Gasteiger partial charge in [-0.2, -0.15) is 4.98 Å². The number of carbonyl (C=O) groups excluding carboxylic acids is 1. The summed E-state index contributed by atoms with van der Waals surface area (Å²) in [6.45, 7) is 0.639. The Balaban J connectivity index is 1.33. The van der Waals surface area contributed by atoms with Crippen molar-refractivity contribution in [1.29, 1.82) is 0 Å². The van der Waals surface area contributed by atoms with Gasteiger partial charge in [0.05, 0.1) is 29.7 Å². The van der Waals surface area contributed by atoms with Crippen molar-refractivity contribution in [2.45, 2.75) is 44.9 Å². The highest BCUT2D eigenvalue weighted by Gasteiger charge is 2.28. The van der Waals surface area contributed by atoms with Crippen molar-refractivity contribution in [1.82, 2.24) is 14.1 Å². The number of imidazole rings is 1. The number of pyridine rings is 1. The van der Waals surface area contributed by atoms with Gasteiger partial charge < -0.3 is 19.5 Å². The second-order valence-corrected chi connectivity index (χ2v) is 11.1. The van der Waals surface area contributed by atoms with Crippen LogP contribution >= 0.6 is 0 Å². The van der Waals surface area contributed by atoms with Crippen LogP contribution in [0.5, 0.6) is 11.8 Å². The molecule has 6 rings (SSSR count). The van der Waals surface area contributed by atoms with E-state index < -0.39 is 0 Å². The Morgan fingerprint density at radius 3 is 2.16 bits per heavy atom. The fourth-order valence-electron chi connectivity index (χ4n) is 5.85. The van der Waals surface area contributed by atoms with E-state index in [1.807, 2.05) is 84.9 Å². The summed E-state index contributed by atoms with van der Waals surface area (Å²) in [6.07, 6.45) is 3.23. The molecular formula is C35H36N4O5. The highest BCUT2D eigenvalue weighted by Crippen LogP contribution is 2.33. The van der Waals surface area contributed by atoms with Crippen LogP contribution in [0.3, 0.4) is 0 Å². The van der Waals surface area contributed by atoms with Gasteiger partial charge in [0.1, 0.15) is 18.9 Å². The predicted octanol–water partition coefficient (Wildman–Crippen LogP) is 6.03. The molecule has 0 amide bonds. The maximum Gasteiger partial charge on any atom is 0.333 e. The van der Waals surface area contributed by atoms with Crippen molar-refractivity contribution in [2.24, 2.45) is 13.0 Å². The molecule has 0 radical (unpaired) electrons. The van der Waals surface area contributed by atoms with Crippen molar-refractivity contribution >= 4 is 22.7 Å². The van der Waals surface area contributed by atoms with Crippen molar-refractivity contribution in [3.05, 3.63) is 113 Å². The molecule has 226 valence electrons. The number of aryl methyl sites for hydroxylation is 1. The number of ether oxygens (including phenoxy) is 3. The summed E-state index contributed by atoms with van der Waals surface area (Å²) < 4.78 is 20.5. The van der Waals surface area contributed by atoms with Crippen LogP contribution in [0.25, 0.3) is 16.7 Å². The number of hydrogen-bond acceptors (Lipinski definition) is 7. The quantitative estimate of drug-likeness (QED) is 0.198. The van der Waals surface area contributed by atoms with E-state index in [2.05, 4.69) is 5.32 Å². The summed E-state index contributed by atoms with van der Waals surface area (Å²) in [5.74, 6) is 0.508. The van der Waals surface area contributed by atoms with Gasteiger partial charge in [0.15, 0.2) is 0 Å². The Hall–Kier alpha value is -5.05. The summed E-state index contributed by atoms with van der Waals surface area (Å²) in [5, 5.41) is 3.64. The second-order valence-electron chi connectivity index (χ2n) is 11.1. The number of nitrogens with zero attached hydrogens (tertiary/aromatic N) is 3. The molecule has 9 heteroatoms. The topological polar surface area (TPSA) is 96.6 Å². The maximum atomic E-state index is 13.8. The largest absolute Gasteiger partial charge is 0.473 e.